The Hall–Kier alpha value is -4.52. The van der Waals surface area contributed by atoms with E-state index < -0.39 is 61.4 Å². The maximum Gasteiger partial charge on any atom is 0.187 e. The van der Waals surface area contributed by atoms with E-state index in [1.54, 1.807) is 6.08 Å². The molecular formula is C50H56O9. The topological polar surface area (TPSA) is 83.1 Å². The minimum Gasteiger partial charge on any atom is -0.368 e. The predicted octanol–water partition coefficient (Wildman–Crippen LogP) is 8.99. The molecule has 0 N–H and O–H groups in total. The molecule has 0 bridgehead atoms. The molecule has 0 saturated carbocycles. The van der Waals surface area contributed by atoms with Crippen LogP contribution in [-0.4, -0.2) is 68.0 Å². The minimum absolute atomic E-state index is 0.267. The van der Waals surface area contributed by atoms with E-state index in [0.29, 0.717) is 33.0 Å². The average molecular weight is 801 g/mol. The monoisotopic (exact) mass is 800 g/mol. The van der Waals surface area contributed by atoms with Crippen LogP contribution in [-0.2, 0) is 75.7 Å². The molecule has 0 aliphatic carbocycles. The number of benzene rings is 5. The van der Waals surface area contributed by atoms with Gasteiger partial charge in [0.1, 0.15) is 36.6 Å². The van der Waals surface area contributed by atoms with Gasteiger partial charge in [0, 0.05) is 0 Å². The standard InChI is InChI=1S/C50H56O9/c1-4-30-51-49-47(55-34-41-26-16-8-17-27-41)46(54-33-40-24-14-7-15-25-40)44(37(3)57-49)59-50-48(56-35-42-28-18-9-19-29-42)45(53-32-39-22-12-6-13-23-39)43(36(2)58-50)52-31-38-20-10-5-11-21-38/h4-29,36-37,43-50H,1,30-35H2,2-3H3/t36-,37-,43-,44-,45+,46+,47-,48-,49?,50+/m1/s1. The molecular weight excluding hydrogens is 745 g/mol. The SMILES string of the molecule is C=CCOC1O[C@H](C)[C@@H](O[C@@H]2O[C@H](C)[C@@H](OCc3ccccc3)[C@H](OCc3ccccc3)[C@H]2OCc2ccccc2)[C@H](OCc2ccccc2)[C@H]1OCc1ccccc1. The molecule has 0 amide bonds. The highest BCUT2D eigenvalue weighted by Crippen LogP contribution is 2.36. The van der Waals surface area contributed by atoms with E-state index in [1.807, 2.05) is 166 Å². The summed E-state index contributed by atoms with van der Waals surface area (Å²) in [7, 11) is 0. The summed E-state index contributed by atoms with van der Waals surface area (Å²) in [4.78, 5) is 0. The lowest BCUT2D eigenvalue weighted by Gasteiger charge is -2.49. The molecule has 0 spiro atoms. The molecule has 2 fully saturated rings. The highest BCUT2D eigenvalue weighted by atomic mass is 16.8. The van der Waals surface area contributed by atoms with Gasteiger partial charge in [-0.15, -0.1) is 6.58 Å². The van der Waals surface area contributed by atoms with E-state index in [4.69, 9.17) is 42.6 Å². The summed E-state index contributed by atoms with van der Waals surface area (Å²) >= 11 is 0. The Kier molecular flexibility index (Phi) is 16.0. The quantitative estimate of drug-likeness (QED) is 0.0717. The zero-order chi connectivity index (χ0) is 40.7. The molecule has 0 radical (unpaired) electrons. The van der Waals surface area contributed by atoms with Crippen LogP contribution in [0.1, 0.15) is 41.7 Å². The summed E-state index contributed by atoms with van der Waals surface area (Å²) in [5.41, 5.74) is 5.09. The summed E-state index contributed by atoms with van der Waals surface area (Å²) in [5.74, 6) is 0. The fourth-order valence-electron chi connectivity index (χ4n) is 7.49. The van der Waals surface area contributed by atoms with Crippen molar-refractivity contribution in [2.24, 2.45) is 0 Å². The number of rotatable bonds is 20. The second kappa shape index (κ2) is 22.2. The maximum absolute atomic E-state index is 7.16. The second-order valence-electron chi connectivity index (χ2n) is 14.9. The fraction of sp³-hybridized carbons (Fsp3) is 0.360. The van der Waals surface area contributed by atoms with Crippen molar-refractivity contribution in [1.82, 2.24) is 0 Å². The van der Waals surface area contributed by atoms with Gasteiger partial charge in [-0.2, -0.15) is 0 Å². The molecule has 310 valence electrons. The summed E-state index contributed by atoms with van der Waals surface area (Å²) < 4.78 is 60.8. The lowest BCUT2D eigenvalue weighted by Crippen LogP contribution is -2.65. The summed E-state index contributed by atoms with van der Waals surface area (Å²) in [5, 5.41) is 0. The molecule has 2 saturated heterocycles. The third-order valence-corrected chi connectivity index (χ3v) is 10.6. The van der Waals surface area contributed by atoms with Crippen LogP contribution in [0.2, 0.25) is 0 Å². The highest BCUT2D eigenvalue weighted by Gasteiger charge is 2.53. The van der Waals surface area contributed by atoms with Crippen LogP contribution in [0.25, 0.3) is 0 Å². The Morgan fingerprint density at radius 1 is 0.390 bits per heavy atom. The summed E-state index contributed by atoms with van der Waals surface area (Å²) in [6.07, 6.45) is -4.76. The predicted molar refractivity (Wildman–Crippen MR) is 225 cm³/mol. The summed E-state index contributed by atoms with van der Waals surface area (Å²) in [6.45, 7) is 9.72. The zero-order valence-electron chi connectivity index (χ0n) is 33.9. The van der Waals surface area contributed by atoms with E-state index in [1.165, 1.54) is 0 Å². The van der Waals surface area contributed by atoms with Gasteiger partial charge in [0.25, 0.3) is 0 Å². The summed E-state index contributed by atoms with van der Waals surface area (Å²) in [6, 6.07) is 50.3. The van der Waals surface area contributed by atoms with Gasteiger partial charge in [-0.05, 0) is 41.7 Å². The third kappa shape index (κ3) is 12.0. The van der Waals surface area contributed by atoms with Gasteiger partial charge in [-0.3, -0.25) is 0 Å². The molecule has 0 aromatic heterocycles. The van der Waals surface area contributed by atoms with E-state index in [9.17, 15) is 0 Å². The molecule has 10 atom stereocenters. The van der Waals surface area contributed by atoms with E-state index >= 15 is 0 Å². The Morgan fingerprint density at radius 2 is 0.695 bits per heavy atom. The van der Waals surface area contributed by atoms with Gasteiger partial charge >= 0.3 is 0 Å². The first kappa shape index (κ1) is 42.6. The first-order valence-electron chi connectivity index (χ1n) is 20.5. The van der Waals surface area contributed by atoms with Gasteiger partial charge in [0.05, 0.1) is 51.8 Å². The lowest BCUT2D eigenvalue weighted by atomic mass is 9.96. The van der Waals surface area contributed by atoms with Crippen molar-refractivity contribution in [3.8, 4) is 0 Å². The third-order valence-electron chi connectivity index (χ3n) is 10.6. The van der Waals surface area contributed by atoms with Crippen molar-refractivity contribution in [2.75, 3.05) is 6.61 Å². The van der Waals surface area contributed by atoms with Crippen LogP contribution in [0.15, 0.2) is 164 Å². The Balaban J connectivity index is 1.21. The molecule has 59 heavy (non-hydrogen) atoms. The molecule has 2 aliphatic heterocycles. The fourth-order valence-corrected chi connectivity index (χ4v) is 7.49. The molecule has 9 heteroatoms. The van der Waals surface area contributed by atoms with Gasteiger partial charge < -0.3 is 42.6 Å². The highest BCUT2D eigenvalue weighted by molar-refractivity contribution is 5.17. The van der Waals surface area contributed by atoms with Gasteiger partial charge in [0.15, 0.2) is 12.6 Å². The van der Waals surface area contributed by atoms with Crippen molar-refractivity contribution in [2.45, 2.75) is 108 Å². The van der Waals surface area contributed by atoms with Crippen LogP contribution in [0.5, 0.6) is 0 Å². The normalized spacial score (nSPS) is 26.9. The number of ether oxygens (including phenoxy) is 9. The molecule has 9 nitrogen and oxygen atoms in total. The molecule has 2 heterocycles. The molecule has 1 unspecified atom stereocenters. The first-order chi connectivity index (χ1) is 29.1. The Bertz CT molecular complexity index is 1920. The van der Waals surface area contributed by atoms with Crippen LogP contribution in [0.4, 0.5) is 0 Å². The molecule has 2 aliphatic rings. The van der Waals surface area contributed by atoms with Crippen LogP contribution in [0.3, 0.4) is 0 Å². The Morgan fingerprint density at radius 3 is 1.08 bits per heavy atom. The van der Waals surface area contributed by atoms with Crippen molar-refractivity contribution < 1.29 is 42.6 Å². The van der Waals surface area contributed by atoms with Crippen molar-refractivity contribution in [1.29, 1.82) is 0 Å². The van der Waals surface area contributed by atoms with E-state index in [-0.39, 0.29) is 6.61 Å². The molecule has 7 rings (SSSR count). The Labute approximate surface area is 348 Å². The lowest BCUT2D eigenvalue weighted by molar-refractivity contribution is -0.369. The molecule has 5 aromatic rings. The van der Waals surface area contributed by atoms with Gasteiger partial charge in [-0.25, -0.2) is 0 Å². The van der Waals surface area contributed by atoms with Crippen LogP contribution in [0, 0.1) is 0 Å². The average Bonchev–Trinajstić information content (AvgIpc) is 3.28. The van der Waals surface area contributed by atoms with E-state index in [0.717, 1.165) is 27.8 Å². The number of hydrogen-bond donors (Lipinski definition) is 0. The molecule has 5 aromatic carbocycles. The van der Waals surface area contributed by atoms with Gasteiger partial charge in [0.2, 0.25) is 0 Å². The second-order valence-corrected chi connectivity index (χ2v) is 14.9. The van der Waals surface area contributed by atoms with E-state index in [2.05, 4.69) is 6.58 Å². The largest absolute Gasteiger partial charge is 0.368 e. The smallest absolute Gasteiger partial charge is 0.187 e. The van der Waals surface area contributed by atoms with Crippen LogP contribution < -0.4 is 0 Å². The van der Waals surface area contributed by atoms with Crippen molar-refractivity contribution in [3.05, 3.63) is 192 Å². The van der Waals surface area contributed by atoms with Crippen molar-refractivity contribution >= 4 is 0 Å². The van der Waals surface area contributed by atoms with Crippen molar-refractivity contribution in [3.63, 3.8) is 0 Å². The van der Waals surface area contributed by atoms with Gasteiger partial charge in [-0.1, -0.05) is 158 Å². The zero-order valence-corrected chi connectivity index (χ0v) is 33.9. The first-order valence-corrected chi connectivity index (χ1v) is 20.5. The maximum atomic E-state index is 7.16. The number of hydrogen-bond acceptors (Lipinski definition) is 9. The minimum atomic E-state index is -0.912. The van der Waals surface area contributed by atoms with Crippen LogP contribution >= 0.6 is 0 Å².